The van der Waals surface area contributed by atoms with E-state index in [-0.39, 0.29) is 26.0 Å². The van der Waals surface area contributed by atoms with Gasteiger partial charge >= 0.3 is 26.1 Å². The third-order valence-electron chi connectivity index (χ3n) is 1.79. The van der Waals surface area contributed by atoms with Gasteiger partial charge in [0.15, 0.2) is 0 Å². The van der Waals surface area contributed by atoms with Crippen LogP contribution in [0.5, 0.6) is 0 Å². The van der Waals surface area contributed by atoms with Gasteiger partial charge in [-0.2, -0.15) is 8.42 Å². The van der Waals surface area contributed by atoms with Crippen molar-refractivity contribution in [1.82, 2.24) is 4.90 Å². The molecule has 0 aromatic rings. The summed E-state index contributed by atoms with van der Waals surface area (Å²) in [4.78, 5) is 2.36. The zero-order valence-electron chi connectivity index (χ0n) is 12.5. The fraction of sp³-hybridized carbons (Fsp3) is 1.00. The fourth-order valence-electron chi connectivity index (χ4n) is 1.13. The van der Waals surface area contributed by atoms with Gasteiger partial charge in [0.05, 0.1) is 5.75 Å². The Kier molecular flexibility index (Phi) is 15.4. The van der Waals surface area contributed by atoms with E-state index in [0.29, 0.717) is 6.42 Å². The minimum atomic E-state index is -6.00. The summed E-state index contributed by atoms with van der Waals surface area (Å²) in [5, 5.41) is 0. The van der Waals surface area contributed by atoms with Gasteiger partial charge in [0.2, 0.25) is 0 Å². The molecule has 0 aromatic heterocycles. The Bertz CT molecular complexity index is 297. The van der Waals surface area contributed by atoms with Crippen LogP contribution in [0.25, 0.3) is 0 Å². The van der Waals surface area contributed by atoms with Crippen LogP contribution in [0, 0.1) is 0 Å². The first-order chi connectivity index (χ1) is 7.95. The summed E-state index contributed by atoms with van der Waals surface area (Å²) in [5.41, 5.74) is 0. The Morgan fingerprint density at radius 2 is 1.53 bits per heavy atom. The first-order valence-corrected chi connectivity index (χ1v) is 7.07. The quantitative estimate of drug-likeness (QED) is 0.421. The molecule has 1 rings (SSSR count). The van der Waals surface area contributed by atoms with Gasteiger partial charge in [-0.15, -0.1) is 0 Å². The molecule has 1 fully saturated rings. The second-order valence-corrected chi connectivity index (χ2v) is 5.36. The summed E-state index contributed by atoms with van der Waals surface area (Å²) < 4.78 is 66.6. The number of nitrogens with zero attached hydrogens (tertiary/aromatic N) is 1. The molecule has 114 valence electrons. The number of hydrogen-bond acceptors (Lipinski definition) is 3. The Morgan fingerprint density at radius 1 is 1.21 bits per heavy atom. The number of likely N-dealkylation sites (tertiary alicyclic amines) is 1. The molecule has 19 heavy (non-hydrogen) atoms. The van der Waals surface area contributed by atoms with Crippen LogP contribution in [-0.2, 0) is 10.1 Å². The molecule has 0 amide bonds. The van der Waals surface area contributed by atoms with E-state index in [4.69, 9.17) is 4.55 Å². The predicted octanol–water partition coefficient (Wildman–Crippen LogP) is -0.587. The van der Waals surface area contributed by atoms with Crippen molar-refractivity contribution in [3.8, 4) is 0 Å². The van der Waals surface area contributed by atoms with Crippen molar-refractivity contribution in [2.75, 3.05) is 25.9 Å². The minimum absolute atomic E-state index is 0. The zero-order valence-corrected chi connectivity index (χ0v) is 12.3. The van der Waals surface area contributed by atoms with E-state index in [2.05, 4.69) is 11.9 Å². The van der Waals surface area contributed by atoms with Gasteiger partial charge in [0.25, 0.3) is 10.1 Å². The molecule has 1 heterocycles. The van der Waals surface area contributed by atoms with Crippen molar-refractivity contribution in [3.63, 3.8) is 0 Å². The molecular weight excluding hydrogens is 284 g/mol. The van der Waals surface area contributed by atoms with Gasteiger partial charge in [-0.3, -0.25) is 4.55 Å². The van der Waals surface area contributed by atoms with Crippen molar-refractivity contribution in [2.24, 2.45) is 0 Å². The van der Waals surface area contributed by atoms with Crippen molar-refractivity contribution >= 4 is 17.4 Å². The van der Waals surface area contributed by atoms with Crippen molar-refractivity contribution in [2.45, 2.75) is 26.2 Å². The van der Waals surface area contributed by atoms with Crippen LogP contribution < -0.4 is 18.9 Å². The Balaban J connectivity index is -0.0000000925. The van der Waals surface area contributed by atoms with E-state index in [9.17, 15) is 25.7 Å². The van der Waals surface area contributed by atoms with E-state index in [1.165, 1.54) is 25.9 Å². The first-order valence-electron chi connectivity index (χ1n) is 5.46. The van der Waals surface area contributed by atoms with Crippen molar-refractivity contribution in [3.05, 3.63) is 0 Å². The molecule has 0 spiro atoms. The minimum Gasteiger partial charge on any atom is -1.00 e. The molecule has 4 nitrogen and oxygen atoms in total. The topological polar surface area (TPSA) is 57.6 Å². The normalized spacial score (nSPS) is 15.5. The standard InChI is InChI=1S/C5H11N.C3H8O3S.BF4.Li.H/c1-6-4-2-3-5-6;1-2-3-7(4,5)6;2-1(3,4)5;;/h2-5H2,1H3;2-3H2,1H3,(H,4,5,6);;;/q;;-1;+1;-1. The summed E-state index contributed by atoms with van der Waals surface area (Å²) >= 11 is 0. The van der Waals surface area contributed by atoms with E-state index in [1.54, 1.807) is 6.92 Å². The predicted molar refractivity (Wildman–Crippen MR) is 64.7 cm³/mol. The molecule has 1 saturated heterocycles. The van der Waals surface area contributed by atoms with Gasteiger partial charge in [-0.25, -0.2) is 0 Å². The molecule has 1 N–H and O–H groups in total. The molecule has 1 aliphatic rings. The van der Waals surface area contributed by atoms with Crippen molar-refractivity contribution in [1.29, 1.82) is 0 Å². The molecule has 0 radical (unpaired) electrons. The number of hydrogen-bond donors (Lipinski definition) is 1. The first kappa shape index (κ1) is 24.3. The van der Waals surface area contributed by atoms with Gasteiger partial charge in [-0.05, 0) is 39.4 Å². The average Bonchev–Trinajstić information content (AvgIpc) is 2.51. The van der Waals surface area contributed by atoms with Gasteiger partial charge in [-0.1, -0.05) is 6.92 Å². The third kappa shape index (κ3) is 38.1. The SMILES string of the molecule is CCCS(=O)(=O)O.CN1CCCC1.F[B-](F)(F)F.[H-].[Li+]. The zero-order chi connectivity index (χ0) is 14.8. The molecule has 0 unspecified atom stereocenters. The Labute approximate surface area is 125 Å². The molecule has 11 heteroatoms. The Hall–Kier alpha value is 0.252. The Morgan fingerprint density at radius 3 is 1.58 bits per heavy atom. The van der Waals surface area contributed by atoms with Crippen molar-refractivity contribution < 1.29 is 50.5 Å². The maximum absolute atomic E-state index is 9.79. The van der Waals surface area contributed by atoms with Crippen LogP contribution in [0.15, 0.2) is 0 Å². The molecule has 0 aromatic carbocycles. The van der Waals surface area contributed by atoms with E-state index < -0.39 is 17.4 Å². The summed E-state index contributed by atoms with van der Waals surface area (Å²) in [7, 11) is -7.50. The molecule has 0 saturated carbocycles. The van der Waals surface area contributed by atoms with Crippen LogP contribution in [0.3, 0.4) is 0 Å². The van der Waals surface area contributed by atoms with E-state index in [1.807, 2.05) is 0 Å². The second kappa shape index (κ2) is 12.0. The van der Waals surface area contributed by atoms with Crippen LogP contribution in [0.4, 0.5) is 17.3 Å². The summed E-state index contributed by atoms with van der Waals surface area (Å²) in [5.74, 6) is -0.132. The number of halogens is 4. The molecular formula is C8H20BF4LiNO3S-. The van der Waals surface area contributed by atoms with Gasteiger partial charge in [0.1, 0.15) is 0 Å². The summed E-state index contributed by atoms with van der Waals surface area (Å²) in [6.07, 6.45) is 3.30. The third-order valence-corrected chi connectivity index (χ3v) is 2.72. The monoisotopic (exact) mass is 304 g/mol. The maximum atomic E-state index is 9.79. The van der Waals surface area contributed by atoms with E-state index in [0.717, 1.165) is 0 Å². The number of rotatable bonds is 2. The molecule has 0 atom stereocenters. The van der Waals surface area contributed by atoms with Crippen LogP contribution in [0.2, 0.25) is 0 Å². The average molecular weight is 304 g/mol. The fourth-order valence-corrected chi connectivity index (χ4v) is 1.65. The maximum Gasteiger partial charge on any atom is 1.00 e. The van der Waals surface area contributed by atoms with Crippen LogP contribution >= 0.6 is 0 Å². The van der Waals surface area contributed by atoms with Crippen LogP contribution in [-0.4, -0.2) is 51.0 Å². The smallest absolute Gasteiger partial charge is 1.00 e. The van der Waals surface area contributed by atoms with E-state index >= 15 is 0 Å². The van der Waals surface area contributed by atoms with Gasteiger partial charge in [0, 0.05) is 0 Å². The van der Waals surface area contributed by atoms with Crippen LogP contribution in [0.1, 0.15) is 27.6 Å². The second-order valence-electron chi connectivity index (χ2n) is 3.79. The van der Waals surface area contributed by atoms with Gasteiger partial charge < -0.3 is 23.6 Å². The summed E-state index contributed by atoms with van der Waals surface area (Å²) in [6, 6.07) is 0. The molecule has 1 aliphatic heterocycles. The summed E-state index contributed by atoms with van der Waals surface area (Å²) in [6.45, 7) is 4.33. The largest absolute Gasteiger partial charge is 1.00 e. The molecule has 0 aliphatic carbocycles. The molecule has 0 bridgehead atoms.